The second-order valence-electron chi connectivity index (χ2n) is 5.04. The van der Waals surface area contributed by atoms with Crippen LogP contribution in [0.15, 0.2) is 30.3 Å². The second kappa shape index (κ2) is 6.37. The first-order valence-corrected chi connectivity index (χ1v) is 7.64. The van der Waals surface area contributed by atoms with E-state index in [-0.39, 0.29) is 5.91 Å². The molecule has 0 aliphatic heterocycles. The molecule has 1 aromatic heterocycles. The molecule has 6 heteroatoms. The number of hydrogen-bond acceptors (Lipinski definition) is 4. The highest BCUT2D eigenvalue weighted by atomic mass is 35.5. The molecule has 0 radical (unpaired) electrons. The summed E-state index contributed by atoms with van der Waals surface area (Å²) in [5, 5.41) is 0. The Balaban J connectivity index is 2.32. The van der Waals surface area contributed by atoms with E-state index in [4.69, 9.17) is 17.3 Å². The van der Waals surface area contributed by atoms with Gasteiger partial charge in [0.25, 0.3) is 5.91 Å². The van der Waals surface area contributed by atoms with Gasteiger partial charge in [-0.15, -0.1) is 11.3 Å². The van der Waals surface area contributed by atoms with Crippen molar-refractivity contribution in [3.8, 4) is 0 Å². The van der Waals surface area contributed by atoms with Crippen LogP contribution in [-0.2, 0) is 6.54 Å². The van der Waals surface area contributed by atoms with Gasteiger partial charge in [0, 0.05) is 31.7 Å². The molecule has 1 heterocycles. The minimum Gasteiger partial charge on any atom is -0.399 e. The molecule has 0 saturated heterocycles. The van der Waals surface area contributed by atoms with Gasteiger partial charge in [-0.05, 0) is 30.3 Å². The summed E-state index contributed by atoms with van der Waals surface area (Å²) in [6, 6.07) is 9.21. The number of nitrogens with zero attached hydrogens (tertiary/aromatic N) is 2. The van der Waals surface area contributed by atoms with Gasteiger partial charge >= 0.3 is 0 Å². The van der Waals surface area contributed by atoms with Crippen molar-refractivity contribution in [2.45, 2.75) is 6.54 Å². The Morgan fingerprint density at radius 3 is 2.52 bits per heavy atom. The molecule has 2 rings (SSSR count). The summed E-state index contributed by atoms with van der Waals surface area (Å²) in [6.07, 6.45) is 0. The lowest BCUT2D eigenvalue weighted by atomic mass is 10.1. The monoisotopic (exact) mass is 323 g/mol. The molecule has 0 spiro atoms. The van der Waals surface area contributed by atoms with Crippen molar-refractivity contribution in [1.82, 2.24) is 4.90 Å². The molecule has 0 unspecified atom stereocenters. The van der Waals surface area contributed by atoms with Gasteiger partial charge in [0.15, 0.2) is 0 Å². The number of nitrogen functional groups attached to an aromatic ring is 1. The number of carbonyl (C=O) groups excluding carboxylic acids is 1. The van der Waals surface area contributed by atoms with E-state index >= 15 is 0 Å². The molecule has 0 bridgehead atoms. The number of amides is 1. The Hall–Kier alpha value is -1.72. The van der Waals surface area contributed by atoms with Crippen LogP contribution in [0.2, 0.25) is 4.34 Å². The Morgan fingerprint density at radius 1 is 1.24 bits per heavy atom. The van der Waals surface area contributed by atoms with Gasteiger partial charge in [0.2, 0.25) is 0 Å². The van der Waals surface area contributed by atoms with E-state index in [0.29, 0.717) is 17.8 Å². The van der Waals surface area contributed by atoms with Crippen molar-refractivity contribution in [2.75, 3.05) is 31.8 Å². The van der Waals surface area contributed by atoms with E-state index in [9.17, 15) is 4.79 Å². The van der Waals surface area contributed by atoms with Gasteiger partial charge in [-0.2, -0.15) is 0 Å². The molecule has 0 fully saturated rings. The molecule has 2 N–H and O–H groups in total. The molecule has 0 saturated carbocycles. The topological polar surface area (TPSA) is 49.6 Å². The number of hydrogen-bond donors (Lipinski definition) is 1. The predicted octanol–water partition coefficient (Wildman–Crippen LogP) is 3.32. The highest BCUT2D eigenvalue weighted by Gasteiger charge is 2.17. The number of halogens is 1. The predicted molar refractivity (Wildman–Crippen MR) is 90.3 cm³/mol. The third kappa shape index (κ3) is 3.68. The van der Waals surface area contributed by atoms with Crippen LogP contribution >= 0.6 is 22.9 Å². The van der Waals surface area contributed by atoms with Gasteiger partial charge in [0.05, 0.1) is 22.1 Å². The fraction of sp³-hybridized carbons (Fsp3) is 0.267. The Labute approximate surface area is 133 Å². The summed E-state index contributed by atoms with van der Waals surface area (Å²) in [5.74, 6) is -0.0407. The summed E-state index contributed by atoms with van der Waals surface area (Å²) in [4.78, 5) is 17.0. The number of anilines is 2. The number of carbonyl (C=O) groups is 1. The summed E-state index contributed by atoms with van der Waals surface area (Å²) >= 11 is 7.49. The van der Waals surface area contributed by atoms with E-state index in [1.54, 1.807) is 31.1 Å². The fourth-order valence-corrected chi connectivity index (χ4v) is 3.18. The van der Waals surface area contributed by atoms with Crippen LogP contribution in [0.1, 0.15) is 15.2 Å². The lowest BCUT2D eigenvalue weighted by Gasteiger charge is -2.23. The van der Waals surface area contributed by atoms with Crippen molar-refractivity contribution in [3.63, 3.8) is 0 Å². The van der Waals surface area contributed by atoms with Crippen molar-refractivity contribution < 1.29 is 4.79 Å². The number of rotatable bonds is 4. The number of nitrogens with two attached hydrogens (primary N) is 1. The number of thiophene rings is 1. The summed E-state index contributed by atoms with van der Waals surface area (Å²) in [5.41, 5.74) is 7.96. The van der Waals surface area contributed by atoms with E-state index in [2.05, 4.69) is 0 Å². The summed E-state index contributed by atoms with van der Waals surface area (Å²) < 4.78 is 0.760. The largest absolute Gasteiger partial charge is 0.399 e. The van der Waals surface area contributed by atoms with Gasteiger partial charge < -0.3 is 15.5 Å². The molecule has 1 aromatic carbocycles. The molecular formula is C15H18ClN3OS. The Kier molecular flexibility index (Phi) is 4.75. The minimum atomic E-state index is -0.0407. The third-order valence-corrected chi connectivity index (χ3v) is 4.31. The van der Waals surface area contributed by atoms with E-state index in [0.717, 1.165) is 14.9 Å². The third-order valence-electron chi connectivity index (χ3n) is 3.09. The molecule has 112 valence electrons. The van der Waals surface area contributed by atoms with Crippen molar-refractivity contribution in [3.05, 3.63) is 45.1 Å². The smallest absolute Gasteiger partial charge is 0.255 e. The zero-order valence-corrected chi connectivity index (χ0v) is 13.8. The van der Waals surface area contributed by atoms with Crippen LogP contribution in [0.5, 0.6) is 0 Å². The van der Waals surface area contributed by atoms with Gasteiger partial charge in [-0.3, -0.25) is 4.79 Å². The summed E-state index contributed by atoms with van der Waals surface area (Å²) in [6.45, 7) is 0.675. The molecule has 1 amide bonds. The first-order valence-electron chi connectivity index (χ1n) is 6.45. The second-order valence-corrected chi connectivity index (χ2v) is 6.84. The summed E-state index contributed by atoms with van der Waals surface area (Å²) in [7, 11) is 5.41. The highest BCUT2D eigenvalue weighted by Crippen LogP contribution is 2.28. The Bertz CT molecular complexity index is 654. The van der Waals surface area contributed by atoms with Crippen molar-refractivity contribution in [1.29, 1.82) is 0 Å². The van der Waals surface area contributed by atoms with Gasteiger partial charge in [-0.25, -0.2) is 0 Å². The Morgan fingerprint density at radius 2 is 1.95 bits per heavy atom. The normalized spacial score (nSPS) is 10.5. The average Bonchev–Trinajstić information content (AvgIpc) is 2.83. The van der Waals surface area contributed by atoms with E-state index < -0.39 is 0 Å². The molecule has 4 nitrogen and oxygen atoms in total. The lowest BCUT2D eigenvalue weighted by Crippen LogP contribution is -2.26. The zero-order valence-electron chi connectivity index (χ0n) is 12.3. The molecule has 0 atom stereocenters. The maximum Gasteiger partial charge on any atom is 0.255 e. The molecule has 0 aliphatic rings. The maximum absolute atomic E-state index is 12.3. The van der Waals surface area contributed by atoms with Crippen LogP contribution < -0.4 is 10.6 Å². The van der Waals surface area contributed by atoms with Crippen LogP contribution in [0.4, 0.5) is 11.4 Å². The molecule has 2 aromatic rings. The quantitative estimate of drug-likeness (QED) is 0.878. The minimum absolute atomic E-state index is 0.0407. The fourth-order valence-electron chi connectivity index (χ4n) is 2.04. The standard InChI is InChI=1S/C15H18ClN3OS/c1-18(2)15(20)12-6-4-10(17)8-13(12)19(3)9-11-5-7-14(16)21-11/h4-8H,9,17H2,1-3H3. The van der Waals surface area contributed by atoms with Crippen LogP contribution in [0.3, 0.4) is 0 Å². The first-order chi connectivity index (χ1) is 9.88. The molecular weight excluding hydrogens is 306 g/mol. The maximum atomic E-state index is 12.3. The van der Waals surface area contributed by atoms with Gasteiger partial charge in [-0.1, -0.05) is 11.6 Å². The van der Waals surface area contributed by atoms with Crippen LogP contribution in [0.25, 0.3) is 0 Å². The molecule has 21 heavy (non-hydrogen) atoms. The SMILES string of the molecule is CN(C)C(=O)c1ccc(N)cc1N(C)Cc1ccc(Cl)s1. The van der Waals surface area contributed by atoms with Gasteiger partial charge in [0.1, 0.15) is 0 Å². The van der Waals surface area contributed by atoms with Crippen LogP contribution in [-0.4, -0.2) is 32.0 Å². The molecule has 0 aliphatic carbocycles. The average molecular weight is 324 g/mol. The van der Waals surface area contributed by atoms with Crippen LogP contribution in [0, 0.1) is 0 Å². The highest BCUT2D eigenvalue weighted by molar-refractivity contribution is 7.16. The van der Waals surface area contributed by atoms with E-state index in [1.165, 1.54) is 11.3 Å². The zero-order chi connectivity index (χ0) is 15.6. The first kappa shape index (κ1) is 15.7. The lowest BCUT2D eigenvalue weighted by molar-refractivity contribution is 0.0828. The van der Waals surface area contributed by atoms with Crippen molar-refractivity contribution >= 4 is 40.2 Å². The van der Waals surface area contributed by atoms with Crippen molar-refractivity contribution in [2.24, 2.45) is 0 Å². The van der Waals surface area contributed by atoms with E-state index in [1.807, 2.05) is 30.1 Å². The number of benzene rings is 1.